The van der Waals surface area contributed by atoms with Gasteiger partial charge < -0.3 is 4.74 Å². The second-order valence-electron chi connectivity index (χ2n) is 8.49. The summed E-state index contributed by atoms with van der Waals surface area (Å²) in [5, 5.41) is 0.714. The molecule has 0 radical (unpaired) electrons. The Morgan fingerprint density at radius 3 is 1.85 bits per heavy atom. The fourth-order valence-electron chi connectivity index (χ4n) is 4.83. The molecule has 1 aromatic heterocycles. The Bertz CT molecular complexity index is 1440. The van der Waals surface area contributed by atoms with Crippen molar-refractivity contribution in [1.82, 2.24) is 0 Å². The second-order valence-corrected chi connectivity index (χ2v) is 8.89. The number of pyridine rings is 1. The molecule has 0 spiro atoms. The van der Waals surface area contributed by atoms with Crippen LogP contribution in [0.1, 0.15) is 23.3 Å². The maximum atomic E-state index is 6.74. The van der Waals surface area contributed by atoms with E-state index in [2.05, 4.69) is 95.6 Å². The highest BCUT2D eigenvalue weighted by atomic mass is 35.5. The summed E-state index contributed by atoms with van der Waals surface area (Å²) in [6.07, 6.45) is -0.246. The Morgan fingerprint density at radius 2 is 1.18 bits per heavy atom. The van der Waals surface area contributed by atoms with Crippen molar-refractivity contribution < 1.29 is 9.30 Å². The summed E-state index contributed by atoms with van der Waals surface area (Å²) in [6, 6.07) is 43.8. The van der Waals surface area contributed by atoms with Crippen molar-refractivity contribution in [1.29, 1.82) is 0 Å². The van der Waals surface area contributed by atoms with E-state index in [4.69, 9.17) is 16.3 Å². The molecule has 0 saturated carbocycles. The zero-order valence-electron chi connectivity index (χ0n) is 18.5. The highest BCUT2D eigenvalue weighted by Crippen LogP contribution is 2.43. The zero-order valence-corrected chi connectivity index (χ0v) is 19.3. The highest BCUT2D eigenvalue weighted by Gasteiger charge is 2.47. The average molecular weight is 461 g/mol. The summed E-state index contributed by atoms with van der Waals surface area (Å²) in [4.78, 5) is 0. The SMILES string of the molecule is Clc1ccccc1C1Oc2cc(-c3ccccc3)cc(-c3ccccc3)[n+]2C1c1ccccc1. The van der Waals surface area contributed by atoms with E-state index in [9.17, 15) is 0 Å². The van der Waals surface area contributed by atoms with Gasteiger partial charge in [-0.15, -0.1) is 4.57 Å². The lowest BCUT2D eigenvalue weighted by atomic mass is 9.94. The summed E-state index contributed by atoms with van der Waals surface area (Å²) >= 11 is 6.69. The Hall–Kier alpha value is -3.88. The number of benzene rings is 4. The molecule has 2 atom stereocenters. The fourth-order valence-corrected chi connectivity index (χ4v) is 5.07. The van der Waals surface area contributed by atoms with Crippen molar-refractivity contribution in [2.45, 2.75) is 12.1 Å². The van der Waals surface area contributed by atoms with Gasteiger partial charge in [0.2, 0.25) is 11.7 Å². The molecule has 164 valence electrons. The monoisotopic (exact) mass is 460 g/mol. The van der Waals surface area contributed by atoms with Gasteiger partial charge in [-0.3, -0.25) is 0 Å². The largest absolute Gasteiger partial charge is 0.428 e. The Balaban J connectivity index is 1.62. The van der Waals surface area contributed by atoms with Crippen LogP contribution in [0.5, 0.6) is 5.88 Å². The average Bonchev–Trinajstić information content (AvgIpc) is 3.29. The predicted molar refractivity (Wildman–Crippen MR) is 137 cm³/mol. The third kappa shape index (κ3) is 3.67. The van der Waals surface area contributed by atoms with Crippen molar-refractivity contribution >= 4 is 11.6 Å². The minimum absolute atomic E-state index is 0.0591. The van der Waals surface area contributed by atoms with E-state index in [1.54, 1.807) is 0 Å². The van der Waals surface area contributed by atoms with Crippen molar-refractivity contribution in [2.75, 3.05) is 0 Å². The van der Waals surface area contributed by atoms with Crippen LogP contribution in [-0.2, 0) is 0 Å². The quantitative estimate of drug-likeness (QED) is 0.250. The van der Waals surface area contributed by atoms with E-state index in [1.165, 1.54) is 5.56 Å². The van der Waals surface area contributed by atoms with Crippen LogP contribution >= 0.6 is 11.6 Å². The summed E-state index contributed by atoms with van der Waals surface area (Å²) in [5.74, 6) is 0.832. The first-order chi connectivity index (χ1) is 16.8. The predicted octanol–water partition coefficient (Wildman–Crippen LogP) is 7.68. The first kappa shape index (κ1) is 20.7. The third-order valence-electron chi connectivity index (χ3n) is 6.41. The van der Waals surface area contributed by atoms with Gasteiger partial charge in [0.15, 0.2) is 6.10 Å². The molecule has 2 nitrogen and oxygen atoms in total. The smallest absolute Gasteiger partial charge is 0.370 e. The summed E-state index contributed by atoms with van der Waals surface area (Å²) in [7, 11) is 0. The van der Waals surface area contributed by atoms with Crippen LogP contribution in [0.3, 0.4) is 0 Å². The fraction of sp³-hybridized carbons (Fsp3) is 0.0645. The molecule has 34 heavy (non-hydrogen) atoms. The van der Waals surface area contributed by atoms with Gasteiger partial charge in [-0.05, 0) is 29.3 Å². The van der Waals surface area contributed by atoms with E-state index in [0.29, 0.717) is 5.02 Å². The first-order valence-corrected chi connectivity index (χ1v) is 11.8. The molecular formula is C31H23ClNO+. The Labute approximate surface area is 204 Å². The molecule has 0 fully saturated rings. The van der Waals surface area contributed by atoms with Crippen LogP contribution in [0.2, 0.25) is 5.02 Å². The first-order valence-electron chi connectivity index (χ1n) is 11.5. The minimum atomic E-state index is -0.246. The zero-order chi connectivity index (χ0) is 22.9. The van der Waals surface area contributed by atoms with E-state index < -0.39 is 0 Å². The van der Waals surface area contributed by atoms with Gasteiger partial charge in [-0.1, -0.05) is 109 Å². The lowest BCUT2D eigenvalue weighted by Gasteiger charge is -2.17. The second kappa shape index (κ2) is 8.81. The number of ether oxygens (including phenoxy) is 1. The summed E-state index contributed by atoms with van der Waals surface area (Å²) < 4.78 is 9.07. The van der Waals surface area contributed by atoms with Crippen molar-refractivity contribution in [2.24, 2.45) is 0 Å². The molecule has 0 aliphatic carbocycles. The van der Waals surface area contributed by atoms with Gasteiger partial charge in [0.05, 0.1) is 6.07 Å². The van der Waals surface area contributed by atoms with Gasteiger partial charge in [-0.25, -0.2) is 0 Å². The molecule has 0 N–H and O–H groups in total. The van der Waals surface area contributed by atoms with Crippen LogP contribution in [0.15, 0.2) is 127 Å². The van der Waals surface area contributed by atoms with Crippen LogP contribution in [-0.4, -0.2) is 0 Å². The molecule has 2 heterocycles. The molecule has 6 rings (SSSR count). The van der Waals surface area contributed by atoms with Crippen LogP contribution in [0.25, 0.3) is 22.4 Å². The molecule has 5 aromatic rings. The van der Waals surface area contributed by atoms with Crippen LogP contribution in [0.4, 0.5) is 0 Å². The molecule has 1 aliphatic heterocycles. The topological polar surface area (TPSA) is 13.1 Å². The van der Waals surface area contributed by atoms with Crippen LogP contribution in [0, 0.1) is 0 Å². The Kier molecular flexibility index (Phi) is 5.37. The lowest BCUT2D eigenvalue weighted by Crippen LogP contribution is -2.40. The van der Waals surface area contributed by atoms with E-state index in [-0.39, 0.29) is 12.1 Å². The number of nitrogens with zero attached hydrogens (tertiary/aromatic N) is 1. The van der Waals surface area contributed by atoms with Crippen molar-refractivity contribution in [3.8, 4) is 28.3 Å². The number of aromatic nitrogens is 1. The molecule has 1 aliphatic rings. The molecule has 0 amide bonds. The number of rotatable bonds is 4. The van der Waals surface area contributed by atoms with Gasteiger partial charge >= 0.3 is 5.88 Å². The number of hydrogen-bond acceptors (Lipinski definition) is 1. The van der Waals surface area contributed by atoms with Crippen molar-refractivity contribution in [3.05, 3.63) is 144 Å². The number of halogens is 1. The highest BCUT2D eigenvalue weighted by molar-refractivity contribution is 6.31. The molecule has 3 heteroatoms. The number of fused-ring (bicyclic) bond motifs is 1. The van der Waals surface area contributed by atoms with Crippen LogP contribution < -0.4 is 9.30 Å². The molecular weight excluding hydrogens is 438 g/mol. The molecule has 0 bridgehead atoms. The van der Waals surface area contributed by atoms with Gasteiger partial charge in [-0.2, -0.15) is 0 Å². The number of hydrogen-bond donors (Lipinski definition) is 0. The van der Waals surface area contributed by atoms with Gasteiger partial charge in [0.25, 0.3) is 0 Å². The lowest BCUT2D eigenvalue weighted by molar-refractivity contribution is -0.688. The third-order valence-corrected chi connectivity index (χ3v) is 6.75. The maximum Gasteiger partial charge on any atom is 0.370 e. The molecule has 2 unspecified atom stereocenters. The Morgan fingerprint density at radius 1 is 0.588 bits per heavy atom. The normalized spacial score (nSPS) is 16.6. The molecule has 4 aromatic carbocycles. The summed E-state index contributed by atoms with van der Waals surface area (Å²) in [6.45, 7) is 0. The molecule has 0 saturated heterocycles. The maximum absolute atomic E-state index is 6.74. The van der Waals surface area contributed by atoms with Gasteiger partial charge in [0.1, 0.15) is 0 Å². The standard InChI is InChI=1S/C31H23ClNO/c32-27-19-11-10-18-26(27)31-30(24-16-8-3-9-17-24)33-28(23-14-6-2-7-15-23)20-25(21-29(33)34-31)22-12-4-1-5-13-22/h1-21,30-31H/q+1. The van der Waals surface area contributed by atoms with Gasteiger partial charge in [0, 0.05) is 27.8 Å². The van der Waals surface area contributed by atoms with E-state index in [0.717, 1.165) is 33.8 Å². The minimum Gasteiger partial charge on any atom is -0.428 e. The summed E-state index contributed by atoms with van der Waals surface area (Å²) in [5.41, 5.74) is 6.70. The van der Waals surface area contributed by atoms with E-state index in [1.807, 2.05) is 36.4 Å². The van der Waals surface area contributed by atoms with E-state index >= 15 is 0 Å². The van der Waals surface area contributed by atoms with Crippen molar-refractivity contribution in [3.63, 3.8) is 0 Å².